The number of ketones is 3. The molecule has 6 aromatic carbocycles. The van der Waals surface area contributed by atoms with Crippen LogP contribution in [0.25, 0.3) is 32.7 Å². The van der Waals surface area contributed by atoms with Crippen molar-refractivity contribution in [1.29, 1.82) is 0 Å². The van der Waals surface area contributed by atoms with Crippen molar-refractivity contribution in [3.8, 4) is 0 Å². The van der Waals surface area contributed by atoms with Gasteiger partial charge >= 0.3 is 60.2 Å². The van der Waals surface area contributed by atoms with Crippen LogP contribution in [0.3, 0.4) is 0 Å². The van der Waals surface area contributed by atoms with Crippen LogP contribution in [0.15, 0.2) is 127 Å². The van der Waals surface area contributed by atoms with Crippen molar-refractivity contribution in [2.75, 3.05) is 19.6 Å². The van der Waals surface area contributed by atoms with Gasteiger partial charge in [-0.3, -0.25) is 77.2 Å². The van der Waals surface area contributed by atoms with Gasteiger partial charge in [0, 0.05) is 128 Å². The zero-order valence-electron chi connectivity index (χ0n) is 84.6. The molecular weight excluding hydrogens is 1980 g/mol. The molecule has 14 rings (SSSR count). The average molecular weight is 2140 g/mol. The molecule has 0 aliphatic heterocycles. The summed E-state index contributed by atoms with van der Waals surface area (Å²) in [5.74, 6) is 0.589. The molecule has 0 saturated heterocycles. The number of carboxylic acid groups (broad SMARTS) is 1. The number of nitrogens with one attached hydrogen (secondary N) is 2. The van der Waals surface area contributed by atoms with Gasteiger partial charge in [-0.1, -0.05) is 230 Å². The third-order valence-corrected chi connectivity index (χ3v) is 26.4. The van der Waals surface area contributed by atoms with Gasteiger partial charge < -0.3 is 73.0 Å². The van der Waals surface area contributed by atoms with E-state index in [9.17, 15) is 43.2 Å². The first-order chi connectivity index (χ1) is 63.4. The van der Waals surface area contributed by atoms with Crippen molar-refractivity contribution in [2.45, 2.75) is 318 Å². The SMILES string of the molecule is C1CCCC1.C1CCCC1.Cc1ccc2c(c1)c(CC(=O)CCCCCCCN)c(C)n2C(=O)c1ccc(Cl)cc1.Cc1ccc2c(c1)c(CC(=O)CCCCCCCNC(=O)C1CCCC1)c(C)n2C(=O)c1ccc(Cl)cc1.Cc1ccc2c(c1)c(CC(=O)CCCCCCCNC(=O)C1CCCC1)c(C)n2C(=O)c1ccc(Cl)cc1.O=C(O)C1CCCC1.[CH-]=O.[CH-]=O.[CH-]=O.[CH3-].[CH3-].[CH3-].[CH3-].[CH3-].[Fe+2].[Fe+2].[Tc+4]. The zero-order valence-corrected chi connectivity index (χ0v) is 90.9. The van der Waals surface area contributed by atoms with Gasteiger partial charge in [-0.25, -0.2) is 0 Å². The van der Waals surface area contributed by atoms with E-state index in [0.29, 0.717) is 70.3 Å². The zero-order chi connectivity index (χ0) is 95.6. The smallest absolute Gasteiger partial charge is 0.545 e. The van der Waals surface area contributed by atoms with Gasteiger partial charge in [-0.2, -0.15) is 0 Å². The first-order valence-electron chi connectivity index (χ1n) is 47.9. The topological polar surface area (TPSA) is 290 Å². The third kappa shape index (κ3) is 44.8. The molecule has 0 bridgehead atoms. The van der Waals surface area contributed by atoms with Crippen molar-refractivity contribution >= 4 is 141 Å². The monoisotopic (exact) mass is 2130 g/mol. The predicted octanol–water partition coefficient (Wildman–Crippen LogP) is 27.3. The number of unbranched alkanes of at least 4 members (excludes halogenated alkanes) is 12. The number of aryl methyl sites for hydroxylation is 3. The van der Waals surface area contributed by atoms with E-state index in [4.69, 9.17) is 60.0 Å². The van der Waals surface area contributed by atoms with Crippen LogP contribution in [0.5, 0.6) is 0 Å². The Kier molecular flexibility index (Phi) is 73.5. The first kappa shape index (κ1) is 135. The van der Waals surface area contributed by atoms with Crippen molar-refractivity contribution in [3.05, 3.63) is 247 Å². The summed E-state index contributed by atoms with van der Waals surface area (Å²) in [5.41, 5.74) is 18.3. The molecule has 765 valence electrons. The van der Waals surface area contributed by atoms with Gasteiger partial charge in [-0.15, -0.1) is 0 Å². The number of carboxylic acids is 1. The molecule has 19 nitrogen and oxygen atoms in total. The van der Waals surface area contributed by atoms with E-state index in [1.807, 2.05) is 77.9 Å². The van der Waals surface area contributed by atoms with E-state index in [1.165, 1.54) is 89.9 Å². The van der Waals surface area contributed by atoms with E-state index in [0.717, 1.165) is 250 Å². The Morgan fingerprint density at radius 3 is 0.784 bits per heavy atom. The second kappa shape index (κ2) is 75.7. The normalized spacial score (nSPS) is 13.1. The molecule has 5 fully saturated rings. The number of halogens is 3. The summed E-state index contributed by atoms with van der Waals surface area (Å²) in [4.78, 5) is 136. The number of aliphatic carboxylic acids is 1. The number of hydrogen-bond donors (Lipinski definition) is 4. The number of amides is 2. The predicted molar refractivity (Wildman–Crippen MR) is 564 cm³/mol. The van der Waals surface area contributed by atoms with Crippen molar-refractivity contribution in [3.63, 3.8) is 0 Å². The second-order valence-corrected chi connectivity index (χ2v) is 36.9. The third-order valence-electron chi connectivity index (χ3n) is 25.7. The standard InChI is InChI=1S/2C32H39ClN2O3.C26H31ClN2O2.C6H10O2.2C5H10.3CHO.5CH3.2Fe.Tc/c2*1-22-13-18-30-29(20-22)28(23(2)35(30)32(38)25-14-16-26(33)17-15-25)21-27(36)12-6-4-3-5-9-19-34-31(37)24-10-7-8-11-24;1-18-9-14-25-24(16-18)23(17-22(30)8-6-4-3-5-7-15-28)19(2)29(25)26(31)20-10-12-21(27)13-11-20;7-6(8)5-3-1-2-4-5;2*1-2-4-5-3-1;3*1-2;;;;;;;;/h2*13-18,20,24H,3-12,19,21H2,1-2H3,(H,34,37);9-14,16H,3-8,15,17,28H2,1-2H3;5H,1-4H2,(H,7,8);2*1-5H2;3*1H;5*1H3;;;/q;;;;;;8*-1;2*+2;+4. The maximum atomic E-state index is 13.4. The van der Waals surface area contributed by atoms with E-state index >= 15 is 0 Å². The molecular formula is C114H157Cl3Fe2N6O13Tc. The summed E-state index contributed by atoms with van der Waals surface area (Å²) in [7, 11) is 0. The van der Waals surface area contributed by atoms with Crippen LogP contribution in [0.2, 0.25) is 15.1 Å². The van der Waals surface area contributed by atoms with Crippen molar-refractivity contribution < 1.29 is 117 Å². The van der Waals surface area contributed by atoms with Crippen LogP contribution < -0.4 is 16.4 Å². The van der Waals surface area contributed by atoms with E-state index in [-0.39, 0.29) is 156 Å². The minimum atomic E-state index is -0.609. The van der Waals surface area contributed by atoms with Crippen LogP contribution in [0.4, 0.5) is 0 Å². The molecule has 25 heteroatoms. The number of nitrogens with zero attached hydrogens (tertiary/aromatic N) is 3. The molecule has 0 atom stereocenters. The molecule has 3 aromatic heterocycles. The van der Waals surface area contributed by atoms with Crippen LogP contribution in [0.1, 0.15) is 338 Å². The summed E-state index contributed by atoms with van der Waals surface area (Å²) in [5, 5.41) is 19.3. The van der Waals surface area contributed by atoms with Crippen LogP contribution in [-0.2, 0) is 117 Å². The Bertz CT molecular complexity index is 4850. The maximum absolute atomic E-state index is 13.4. The molecule has 0 spiro atoms. The summed E-state index contributed by atoms with van der Waals surface area (Å²) < 4.78 is 5.19. The number of benzene rings is 6. The molecule has 0 unspecified atom stereocenters. The van der Waals surface area contributed by atoms with E-state index in [1.54, 1.807) is 86.5 Å². The van der Waals surface area contributed by atoms with E-state index in [2.05, 4.69) is 49.2 Å². The Labute approximate surface area is 882 Å². The number of carbonyl (C=O) groups is 9. The summed E-state index contributed by atoms with van der Waals surface area (Å²) in [6.07, 6.45) is 45.9. The Balaban J connectivity index is -0.00000173. The number of fused-ring (bicyclic) bond motifs is 3. The molecule has 2 amide bonds. The maximum Gasteiger partial charge on any atom is 4.00 e. The summed E-state index contributed by atoms with van der Waals surface area (Å²) >= 11 is 18.0. The van der Waals surface area contributed by atoms with Gasteiger partial charge in [0.1, 0.15) is 17.3 Å². The first-order valence-corrected chi connectivity index (χ1v) is 49.0. The van der Waals surface area contributed by atoms with Crippen LogP contribution in [-0.4, -0.2) is 112 Å². The fourth-order valence-corrected chi connectivity index (χ4v) is 18.6. The fourth-order valence-electron chi connectivity index (χ4n) is 18.2. The summed E-state index contributed by atoms with van der Waals surface area (Å²) in [6.45, 7) is 23.9. The van der Waals surface area contributed by atoms with E-state index < -0.39 is 5.97 Å². The molecule has 139 heavy (non-hydrogen) atoms. The van der Waals surface area contributed by atoms with Crippen molar-refractivity contribution in [2.24, 2.45) is 23.5 Å². The van der Waals surface area contributed by atoms with Crippen LogP contribution >= 0.6 is 34.8 Å². The number of aromatic nitrogens is 3. The Morgan fingerprint density at radius 2 is 0.554 bits per heavy atom. The fraction of sp³-hybridized carbons (Fsp3) is 0.482. The molecule has 1 radical (unpaired) electrons. The summed E-state index contributed by atoms with van der Waals surface area (Å²) in [6, 6.07) is 38.8. The largest absolute Gasteiger partial charge is 4.00 e. The molecule has 3 heterocycles. The number of nitrogens with two attached hydrogens (primary N) is 1. The minimum absolute atomic E-state index is 0. The molecule has 5 N–H and O–H groups in total. The van der Waals surface area contributed by atoms with Gasteiger partial charge in [0.05, 0.1) is 22.5 Å². The average Bonchev–Trinajstić information content (AvgIpc) is 1.62. The molecule has 5 aliphatic carbocycles. The quantitative estimate of drug-likeness (QED) is 0.0124. The second-order valence-electron chi connectivity index (χ2n) is 35.6. The van der Waals surface area contributed by atoms with Crippen LogP contribution in [0, 0.1) is 96.4 Å². The Hall–Kier alpha value is -8.10. The van der Waals surface area contributed by atoms with Gasteiger partial charge in [0.2, 0.25) is 11.8 Å². The number of rotatable bonds is 35. The minimum Gasteiger partial charge on any atom is -0.545 e. The van der Waals surface area contributed by atoms with Gasteiger partial charge in [-0.05, 0) is 251 Å². The molecule has 5 aliphatic rings. The number of carbonyl (C=O) groups excluding carboxylic acids is 11. The van der Waals surface area contributed by atoms with Crippen molar-refractivity contribution in [1.82, 2.24) is 24.3 Å². The Morgan fingerprint density at radius 1 is 0.331 bits per heavy atom. The molecule has 5 saturated carbocycles. The molecule has 9 aromatic rings. The van der Waals surface area contributed by atoms with Gasteiger partial charge in [0.25, 0.3) is 17.7 Å². The number of Topliss-reactive ketones (excluding diaryl/α,β-unsaturated/α-hetero) is 3. The number of hydrogen-bond acceptors (Lipinski definition) is 13. The van der Waals surface area contributed by atoms with Gasteiger partial charge in [0.15, 0.2) is 0 Å².